The van der Waals surface area contributed by atoms with Crippen LogP contribution in [-0.2, 0) is 0 Å². The van der Waals surface area contributed by atoms with Crippen LogP contribution in [-0.4, -0.2) is 10.2 Å². The molecule has 0 N–H and O–H groups in total. The highest BCUT2D eigenvalue weighted by Gasteiger charge is 2.05. The van der Waals surface area contributed by atoms with Crippen molar-refractivity contribution >= 4 is 11.6 Å². The molecule has 1 unspecified atom stereocenters. The van der Waals surface area contributed by atoms with Gasteiger partial charge in [-0.15, -0.1) is 11.7 Å². The first-order valence-corrected chi connectivity index (χ1v) is 3.73. The second-order valence-corrected chi connectivity index (χ2v) is 2.66. The number of allylic oxidation sites excluding steroid dienone is 1. The first kappa shape index (κ1) is 8.21. The standard InChI is InChI=1S/C8H9ClN2/c1-3-6(2)7-4-5-10-11-8(7)9/h3-6H,1H2,2H3. The topological polar surface area (TPSA) is 25.8 Å². The Morgan fingerprint density at radius 1 is 1.73 bits per heavy atom. The minimum atomic E-state index is 0.234. The SMILES string of the molecule is C=CC(C)c1ccnnc1Cl. The quantitative estimate of drug-likeness (QED) is 0.634. The lowest BCUT2D eigenvalue weighted by molar-refractivity contribution is 0.917. The van der Waals surface area contributed by atoms with Crippen molar-refractivity contribution in [3.63, 3.8) is 0 Å². The Morgan fingerprint density at radius 3 is 3.00 bits per heavy atom. The predicted octanol–water partition coefficient (Wildman–Crippen LogP) is 2.42. The Morgan fingerprint density at radius 2 is 2.45 bits per heavy atom. The molecule has 0 aliphatic rings. The Bertz CT molecular complexity index is 260. The minimum absolute atomic E-state index is 0.234. The number of hydrogen-bond acceptors (Lipinski definition) is 2. The molecule has 11 heavy (non-hydrogen) atoms. The molecule has 0 aliphatic carbocycles. The van der Waals surface area contributed by atoms with E-state index in [2.05, 4.69) is 16.8 Å². The van der Waals surface area contributed by atoms with E-state index in [1.54, 1.807) is 6.20 Å². The average molecular weight is 169 g/mol. The van der Waals surface area contributed by atoms with E-state index in [0.29, 0.717) is 5.15 Å². The zero-order valence-electron chi connectivity index (χ0n) is 6.29. The van der Waals surface area contributed by atoms with E-state index in [-0.39, 0.29) is 5.92 Å². The van der Waals surface area contributed by atoms with E-state index >= 15 is 0 Å². The van der Waals surface area contributed by atoms with Gasteiger partial charge in [0.15, 0.2) is 5.15 Å². The fourth-order valence-corrected chi connectivity index (χ4v) is 1.07. The van der Waals surface area contributed by atoms with Crippen LogP contribution in [0.1, 0.15) is 18.4 Å². The molecule has 1 atom stereocenters. The second kappa shape index (κ2) is 3.49. The molecule has 0 spiro atoms. The van der Waals surface area contributed by atoms with E-state index < -0.39 is 0 Å². The summed E-state index contributed by atoms with van der Waals surface area (Å²) in [5.41, 5.74) is 0.969. The van der Waals surface area contributed by atoms with Crippen molar-refractivity contribution < 1.29 is 0 Å². The zero-order chi connectivity index (χ0) is 8.27. The molecule has 58 valence electrons. The molecule has 2 nitrogen and oxygen atoms in total. The maximum absolute atomic E-state index is 5.78. The smallest absolute Gasteiger partial charge is 0.155 e. The van der Waals surface area contributed by atoms with Crippen LogP contribution < -0.4 is 0 Å². The molecule has 1 rings (SSSR count). The molecule has 0 fully saturated rings. The van der Waals surface area contributed by atoms with Crippen LogP contribution in [0, 0.1) is 0 Å². The second-order valence-electron chi connectivity index (χ2n) is 2.30. The normalized spacial score (nSPS) is 12.5. The molecule has 0 saturated heterocycles. The molecule has 0 aliphatic heterocycles. The highest BCUT2D eigenvalue weighted by atomic mass is 35.5. The number of halogens is 1. The van der Waals surface area contributed by atoms with Gasteiger partial charge in [0.1, 0.15) is 0 Å². The molecule has 0 radical (unpaired) electrons. The number of aromatic nitrogens is 2. The molecule has 0 bridgehead atoms. The third-order valence-electron chi connectivity index (χ3n) is 1.55. The third-order valence-corrected chi connectivity index (χ3v) is 1.84. The van der Waals surface area contributed by atoms with Gasteiger partial charge in [-0.3, -0.25) is 0 Å². The average Bonchev–Trinajstić information content (AvgIpc) is 2.04. The summed E-state index contributed by atoms with van der Waals surface area (Å²) in [7, 11) is 0. The monoisotopic (exact) mass is 168 g/mol. The molecule has 3 heteroatoms. The maximum atomic E-state index is 5.78. The van der Waals surface area contributed by atoms with Crippen molar-refractivity contribution in [2.75, 3.05) is 0 Å². The van der Waals surface area contributed by atoms with Crippen LogP contribution in [0.4, 0.5) is 0 Å². The molecule has 0 amide bonds. The molecule has 0 saturated carbocycles. The molecule has 1 aromatic rings. The molecule has 1 aromatic heterocycles. The van der Waals surface area contributed by atoms with Crippen molar-refractivity contribution in [1.29, 1.82) is 0 Å². The van der Waals surface area contributed by atoms with Crippen LogP contribution in [0.5, 0.6) is 0 Å². The fourth-order valence-electron chi connectivity index (χ4n) is 0.791. The van der Waals surface area contributed by atoms with Gasteiger partial charge in [0.25, 0.3) is 0 Å². The van der Waals surface area contributed by atoms with Gasteiger partial charge >= 0.3 is 0 Å². The first-order valence-electron chi connectivity index (χ1n) is 3.35. The Hall–Kier alpha value is -0.890. The Kier molecular flexibility index (Phi) is 2.60. The lowest BCUT2D eigenvalue weighted by Crippen LogP contribution is -1.93. The summed E-state index contributed by atoms with van der Waals surface area (Å²) in [6.45, 7) is 5.68. The van der Waals surface area contributed by atoms with Gasteiger partial charge in [-0.25, -0.2) is 0 Å². The molecular weight excluding hydrogens is 160 g/mol. The van der Waals surface area contributed by atoms with Crippen molar-refractivity contribution in [1.82, 2.24) is 10.2 Å². The maximum Gasteiger partial charge on any atom is 0.155 e. The predicted molar refractivity (Wildman–Crippen MR) is 45.7 cm³/mol. The summed E-state index contributed by atoms with van der Waals surface area (Å²) in [4.78, 5) is 0. The zero-order valence-corrected chi connectivity index (χ0v) is 7.04. The van der Waals surface area contributed by atoms with Gasteiger partial charge in [0.05, 0.1) is 0 Å². The van der Waals surface area contributed by atoms with E-state index in [1.807, 2.05) is 19.1 Å². The molecule has 1 heterocycles. The summed E-state index contributed by atoms with van der Waals surface area (Å²) in [6.07, 6.45) is 3.45. The summed E-state index contributed by atoms with van der Waals surface area (Å²) in [5.74, 6) is 0.234. The van der Waals surface area contributed by atoms with Crippen molar-refractivity contribution in [3.05, 3.63) is 35.6 Å². The van der Waals surface area contributed by atoms with Crippen molar-refractivity contribution in [3.8, 4) is 0 Å². The highest BCUT2D eigenvalue weighted by molar-refractivity contribution is 6.30. The summed E-state index contributed by atoms with van der Waals surface area (Å²) >= 11 is 5.78. The van der Waals surface area contributed by atoms with Gasteiger partial charge in [-0.05, 0) is 11.6 Å². The van der Waals surface area contributed by atoms with Gasteiger partial charge in [-0.1, -0.05) is 24.6 Å². The van der Waals surface area contributed by atoms with E-state index in [1.165, 1.54) is 0 Å². The summed E-state index contributed by atoms with van der Waals surface area (Å²) in [6, 6.07) is 1.85. The number of nitrogens with zero attached hydrogens (tertiary/aromatic N) is 2. The third kappa shape index (κ3) is 1.77. The van der Waals surface area contributed by atoms with Crippen LogP contribution in [0.3, 0.4) is 0 Å². The van der Waals surface area contributed by atoms with Crippen LogP contribution in [0.25, 0.3) is 0 Å². The highest BCUT2D eigenvalue weighted by Crippen LogP contribution is 2.21. The first-order chi connectivity index (χ1) is 5.25. The number of rotatable bonds is 2. The Balaban J connectivity index is 3.02. The number of hydrogen-bond donors (Lipinski definition) is 0. The lowest BCUT2D eigenvalue weighted by Gasteiger charge is -2.05. The summed E-state index contributed by atoms with van der Waals surface area (Å²) < 4.78 is 0. The van der Waals surface area contributed by atoms with Crippen LogP contribution in [0.15, 0.2) is 24.9 Å². The summed E-state index contributed by atoms with van der Waals surface area (Å²) in [5, 5.41) is 7.82. The van der Waals surface area contributed by atoms with E-state index in [9.17, 15) is 0 Å². The van der Waals surface area contributed by atoms with Gasteiger partial charge < -0.3 is 0 Å². The lowest BCUT2D eigenvalue weighted by atomic mass is 10.0. The van der Waals surface area contributed by atoms with E-state index in [0.717, 1.165) is 5.56 Å². The van der Waals surface area contributed by atoms with E-state index in [4.69, 9.17) is 11.6 Å². The fraction of sp³-hybridized carbons (Fsp3) is 0.250. The van der Waals surface area contributed by atoms with Crippen LogP contribution >= 0.6 is 11.6 Å². The van der Waals surface area contributed by atoms with Crippen molar-refractivity contribution in [2.24, 2.45) is 0 Å². The Labute approximate surface area is 70.9 Å². The van der Waals surface area contributed by atoms with Crippen molar-refractivity contribution in [2.45, 2.75) is 12.8 Å². The van der Waals surface area contributed by atoms with Gasteiger partial charge in [0.2, 0.25) is 0 Å². The minimum Gasteiger partial charge on any atom is -0.158 e. The largest absolute Gasteiger partial charge is 0.158 e. The van der Waals surface area contributed by atoms with Gasteiger partial charge in [-0.2, -0.15) is 5.10 Å². The molecular formula is C8H9ClN2. The molecule has 0 aromatic carbocycles. The van der Waals surface area contributed by atoms with Gasteiger partial charge in [0, 0.05) is 12.1 Å². The van der Waals surface area contributed by atoms with Crippen LogP contribution in [0.2, 0.25) is 5.15 Å².